The fraction of sp³-hybridized carbons (Fsp3) is 0.261. The number of aromatic hydroxyl groups is 1. The number of ketones is 1. The molecule has 2 aromatic rings. The van der Waals surface area contributed by atoms with Gasteiger partial charge in [-0.15, -0.1) is 0 Å². The molecule has 170 valence electrons. The molecule has 3 N–H and O–H groups in total. The third kappa shape index (κ3) is 7.21. The summed E-state index contributed by atoms with van der Waals surface area (Å²) in [6, 6.07) is 9.76. The van der Waals surface area contributed by atoms with Crippen molar-refractivity contribution in [2.24, 2.45) is 0 Å². The fourth-order valence-electron chi connectivity index (χ4n) is 2.95. The summed E-state index contributed by atoms with van der Waals surface area (Å²) in [5.74, 6) is -2.66. The molecular formula is C23H24FNO7. The number of hydrogen-bond donors (Lipinski definition) is 3. The van der Waals surface area contributed by atoms with Crippen molar-refractivity contribution in [3.05, 3.63) is 71.6 Å². The predicted octanol–water partition coefficient (Wildman–Crippen LogP) is 4.46. The van der Waals surface area contributed by atoms with Gasteiger partial charge in [-0.2, -0.15) is 0 Å². The molecule has 0 bridgehead atoms. The van der Waals surface area contributed by atoms with Crippen molar-refractivity contribution >= 4 is 23.5 Å². The first-order valence-corrected chi connectivity index (χ1v) is 9.70. The third-order valence-electron chi connectivity index (χ3n) is 4.59. The molecule has 0 fully saturated rings. The zero-order chi connectivity index (χ0) is 23.7. The van der Waals surface area contributed by atoms with E-state index in [0.29, 0.717) is 17.7 Å². The maximum Gasteiger partial charge on any atom is 0.412 e. The van der Waals surface area contributed by atoms with Crippen LogP contribution in [0.1, 0.15) is 41.8 Å². The fourth-order valence-corrected chi connectivity index (χ4v) is 2.95. The zero-order valence-electron chi connectivity index (χ0n) is 17.6. The van der Waals surface area contributed by atoms with E-state index in [1.165, 1.54) is 38.3 Å². The van der Waals surface area contributed by atoms with Gasteiger partial charge in [-0.05, 0) is 61.7 Å². The van der Waals surface area contributed by atoms with Gasteiger partial charge in [0.1, 0.15) is 0 Å². The van der Waals surface area contributed by atoms with E-state index in [2.05, 4.69) is 5.32 Å². The first-order chi connectivity index (χ1) is 15.2. The minimum atomic E-state index is -1.09. The van der Waals surface area contributed by atoms with E-state index in [1.807, 2.05) is 0 Å². The number of aliphatic carboxylic acids is 1. The second kappa shape index (κ2) is 11.6. The Bertz CT molecular complexity index is 988. The summed E-state index contributed by atoms with van der Waals surface area (Å²) < 4.78 is 24.9. The molecule has 0 saturated heterocycles. The van der Waals surface area contributed by atoms with E-state index in [4.69, 9.17) is 14.6 Å². The number of carboxylic acids is 1. The molecule has 2 atom stereocenters. The maximum absolute atomic E-state index is 13.9. The number of amides is 1. The van der Waals surface area contributed by atoms with Gasteiger partial charge in [0.05, 0.1) is 6.10 Å². The van der Waals surface area contributed by atoms with Gasteiger partial charge >= 0.3 is 12.1 Å². The van der Waals surface area contributed by atoms with Crippen molar-refractivity contribution in [2.45, 2.75) is 32.0 Å². The van der Waals surface area contributed by atoms with Crippen LogP contribution in [0.4, 0.5) is 14.9 Å². The second-order valence-electron chi connectivity index (χ2n) is 6.89. The lowest BCUT2D eigenvalue weighted by atomic mass is 10.00. The molecule has 2 rings (SSSR count). The Morgan fingerprint density at radius 1 is 1.16 bits per heavy atom. The molecule has 0 aliphatic carbocycles. The average molecular weight is 445 g/mol. The molecule has 1 amide bonds. The van der Waals surface area contributed by atoms with Crippen molar-refractivity contribution in [3.63, 3.8) is 0 Å². The number of rotatable bonds is 10. The number of phenolic OH excluding ortho intramolecular Hbond substituents is 1. The number of Topliss-reactive ketones (excluding diaryl/α,β-unsaturated/α-hetero) is 1. The molecule has 0 aromatic heterocycles. The average Bonchev–Trinajstić information content (AvgIpc) is 2.75. The third-order valence-corrected chi connectivity index (χ3v) is 4.59. The standard InChI is InChI=1S/C23H24FNO7/c1-14(26)15-7-10-17(11-8-15)25-23(30)32-22(16-9-12-19(27)18(24)13-16)20(31-2)5-3-4-6-21(28)29/h4,6-13,20,22,27H,3,5H2,1-2H3,(H,25,30)(H,28,29)/b6-4+/t20-,22-/m1/s1. The maximum atomic E-state index is 13.9. The van der Waals surface area contributed by atoms with E-state index >= 15 is 0 Å². The van der Waals surface area contributed by atoms with Crippen LogP contribution >= 0.6 is 0 Å². The normalized spacial score (nSPS) is 12.8. The Labute approximate surface area is 184 Å². The lowest BCUT2D eigenvalue weighted by Crippen LogP contribution is -2.28. The smallest absolute Gasteiger partial charge is 0.412 e. The van der Waals surface area contributed by atoms with Crippen LogP contribution in [0.15, 0.2) is 54.6 Å². The molecule has 0 saturated carbocycles. The van der Waals surface area contributed by atoms with Crippen LogP contribution in [-0.4, -0.2) is 41.3 Å². The lowest BCUT2D eigenvalue weighted by molar-refractivity contribution is -0.131. The van der Waals surface area contributed by atoms with Crippen LogP contribution in [0.2, 0.25) is 0 Å². The molecule has 0 aliphatic rings. The molecule has 0 heterocycles. The van der Waals surface area contributed by atoms with E-state index in [0.717, 1.165) is 18.2 Å². The summed E-state index contributed by atoms with van der Waals surface area (Å²) in [5.41, 5.74) is 1.11. The number of carboxylic acid groups (broad SMARTS) is 1. The number of phenols is 1. The molecule has 0 spiro atoms. The molecule has 32 heavy (non-hydrogen) atoms. The number of methoxy groups -OCH3 is 1. The van der Waals surface area contributed by atoms with E-state index < -0.39 is 35.8 Å². The molecule has 9 heteroatoms. The first kappa shape index (κ1) is 24.5. The van der Waals surface area contributed by atoms with Crippen LogP contribution in [-0.2, 0) is 14.3 Å². The molecule has 0 unspecified atom stereocenters. The van der Waals surface area contributed by atoms with Crippen molar-refractivity contribution in [3.8, 4) is 5.75 Å². The summed E-state index contributed by atoms with van der Waals surface area (Å²) in [4.78, 5) is 34.5. The Hall–Kier alpha value is -3.72. The minimum absolute atomic E-state index is 0.117. The highest BCUT2D eigenvalue weighted by molar-refractivity contribution is 5.95. The van der Waals surface area contributed by atoms with Crippen LogP contribution in [0, 0.1) is 5.82 Å². The van der Waals surface area contributed by atoms with Crippen LogP contribution in [0.3, 0.4) is 0 Å². The van der Waals surface area contributed by atoms with Crippen molar-refractivity contribution in [2.75, 3.05) is 12.4 Å². The largest absolute Gasteiger partial charge is 0.505 e. The highest BCUT2D eigenvalue weighted by Crippen LogP contribution is 2.30. The second-order valence-corrected chi connectivity index (χ2v) is 6.89. The summed E-state index contributed by atoms with van der Waals surface area (Å²) in [5, 5.41) is 20.7. The highest BCUT2D eigenvalue weighted by Gasteiger charge is 2.28. The highest BCUT2D eigenvalue weighted by atomic mass is 19.1. The topological polar surface area (TPSA) is 122 Å². The monoisotopic (exact) mass is 445 g/mol. The Morgan fingerprint density at radius 3 is 2.41 bits per heavy atom. The Morgan fingerprint density at radius 2 is 1.84 bits per heavy atom. The summed E-state index contributed by atoms with van der Waals surface area (Å²) in [7, 11) is 1.39. The zero-order valence-corrected chi connectivity index (χ0v) is 17.6. The molecular weight excluding hydrogens is 421 g/mol. The van der Waals surface area contributed by atoms with E-state index in [1.54, 1.807) is 12.1 Å². The van der Waals surface area contributed by atoms with Gasteiger partial charge in [-0.1, -0.05) is 12.1 Å². The molecule has 0 radical (unpaired) electrons. The van der Waals surface area contributed by atoms with Crippen molar-refractivity contribution in [1.82, 2.24) is 0 Å². The first-order valence-electron chi connectivity index (χ1n) is 9.70. The number of benzene rings is 2. The van der Waals surface area contributed by atoms with Crippen LogP contribution < -0.4 is 5.32 Å². The summed E-state index contributed by atoms with van der Waals surface area (Å²) in [6.07, 6.45) is 0.364. The van der Waals surface area contributed by atoms with Gasteiger partial charge in [0.2, 0.25) is 0 Å². The quantitative estimate of drug-likeness (QED) is 0.364. The van der Waals surface area contributed by atoms with Gasteiger partial charge in [0, 0.05) is 24.4 Å². The predicted molar refractivity (Wildman–Crippen MR) is 114 cm³/mol. The van der Waals surface area contributed by atoms with Gasteiger partial charge in [0.25, 0.3) is 0 Å². The number of nitrogens with one attached hydrogen (secondary N) is 1. The van der Waals surface area contributed by atoms with E-state index in [-0.39, 0.29) is 17.8 Å². The Kier molecular flexibility index (Phi) is 8.91. The van der Waals surface area contributed by atoms with Gasteiger partial charge in [-0.25, -0.2) is 14.0 Å². The number of carbonyl (C=O) groups is 3. The van der Waals surface area contributed by atoms with Gasteiger partial charge < -0.3 is 19.7 Å². The van der Waals surface area contributed by atoms with E-state index in [9.17, 15) is 23.9 Å². The van der Waals surface area contributed by atoms with Gasteiger partial charge in [-0.3, -0.25) is 10.1 Å². The number of hydrogen-bond acceptors (Lipinski definition) is 6. The molecule has 0 aliphatic heterocycles. The number of allylic oxidation sites excluding steroid dienone is 1. The molecule has 2 aromatic carbocycles. The number of carbonyl (C=O) groups excluding carboxylic acids is 2. The number of ether oxygens (including phenoxy) is 2. The summed E-state index contributed by atoms with van der Waals surface area (Å²) in [6.45, 7) is 1.43. The lowest BCUT2D eigenvalue weighted by Gasteiger charge is -2.26. The number of halogens is 1. The summed E-state index contributed by atoms with van der Waals surface area (Å²) >= 11 is 0. The molecule has 8 nitrogen and oxygen atoms in total. The Balaban J connectivity index is 2.20. The minimum Gasteiger partial charge on any atom is -0.505 e. The van der Waals surface area contributed by atoms with Gasteiger partial charge in [0.15, 0.2) is 23.5 Å². The van der Waals surface area contributed by atoms with Crippen molar-refractivity contribution < 1.29 is 38.5 Å². The van der Waals surface area contributed by atoms with Crippen LogP contribution in [0.25, 0.3) is 0 Å². The van der Waals surface area contributed by atoms with Crippen molar-refractivity contribution in [1.29, 1.82) is 0 Å². The van der Waals surface area contributed by atoms with Crippen LogP contribution in [0.5, 0.6) is 5.75 Å². The SMILES string of the molecule is CO[C@H](CC/C=C/C(=O)O)[C@H](OC(=O)Nc1ccc(C(C)=O)cc1)c1ccc(O)c(F)c1. The number of anilines is 1.